The molecule has 0 spiro atoms. The summed E-state index contributed by atoms with van der Waals surface area (Å²) in [5, 5.41) is 0. The molecule has 4 rings (SSSR count). The fourth-order valence-corrected chi connectivity index (χ4v) is 4.33. The fourth-order valence-electron chi connectivity index (χ4n) is 4.33. The molecule has 1 aliphatic carbocycles. The molecule has 0 N–H and O–H groups in total. The summed E-state index contributed by atoms with van der Waals surface area (Å²) in [5.74, 6) is -0.475. The van der Waals surface area contributed by atoms with Crippen molar-refractivity contribution in [1.82, 2.24) is 9.80 Å². The summed E-state index contributed by atoms with van der Waals surface area (Å²) >= 11 is 0. The van der Waals surface area contributed by atoms with Crippen LogP contribution in [0.15, 0.2) is 21.3 Å². The van der Waals surface area contributed by atoms with E-state index in [0.717, 1.165) is 32.0 Å². The molecule has 3 heterocycles. The highest BCUT2D eigenvalue weighted by molar-refractivity contribution is 6.18. The van der Waals surface area contributed by atoms with E-state index in [1.54, 1.807) is 11.8 Å². The quantitative estimate of drug-likeness (QED) is 0.726. The number of amides is 3. The number of carbonyl (C=O) groups is 3. The Morgan fingerprint density at radius 1 is 1.07 bits per heavy atom. The second-order valence-corrected chi connectivity index (χ2v) is 7.51. The van der Waals surface area contributed by atoms with Gasteiger partial charge in [-0.25, -0.2) is 9.98 Å². The Balaban J connectivity index is 1.39. The largest absolute Gasteiger partial charge is 0.446 e. The first kappa shape index (κ1) is 17.9. The molecule has 1 saturated carbocycles. The van der Waals surface area contributed by atoms with Crippen LogP contribution in [0.5, 0.6) is 0 Å². The van der Waals surface area contributed by atoms with E-state index in [-0.39, 0.29) is 23.6 Å². The van der Waals surface area contributed by atoms with E-state index in [4.69, 9.17) is 4.74 Å². The molecule has 2 fully saturated rings. The van der Waals surface area contributed by atoms with Gasteiger partial charge < -0.3 is 14.5 Å². The second-order valence-electron chi connectivity index (χ2n) is 7.51. The number of aliphatic imine (C=N–C) groups is 2. The van der Waals surface area contributed by atoms with Crippen molar-refractivity contribution in [3.05, 3.63) is 11.3 Å². The van der Waals surface area contributed by atoms with Crippen LogP contribution in [0.4, 0.5) is 0 Å². The number of fused-ring (bicyclic) bond motifs is 1. The molecule has 144 valence electrons. The Morgan fingerprint density at radius 3 is 2.44 bits per heavy atom. The molecule has 1 atom stereocenters. The first-order valence-corrected chi connectivity index (χ1v) is 9.67. The molecule has 0 aromatic rings. The Hall–Kier alpha value is -2.51. The van der Waals surface area contributed by atoms with Crippen LogP contribution in [0.25, 0.3) is 0 Å². The maximum atomic E-state index is 13.0. The highest BCUT2D eigenvalue weighted by atomic mass is 16.5. The lowest BCUT2D eigenvalue weighted by Gasteiger charge is -2.37. The van der Waals surface area contributed by atoms with Gasteiger partial charge in [0.1, 0.15) is 12.1 Å². The molecule has 3 aliphatic heterocycles. The van der Waals surface area contributed by atoms with Crippen molar-refractivity contribution < 1.29 is 19.1 Å². The van der Waals surface area contributed by atoms with Gasteiger partial charge in [-0.05, 0) is 19.8 Å². The number of hydrogen-bond donors (Lipinski definition) is 0. The van der Waals surface area contributed by atoms with Gasteiger partial charge in [-0.15, -0.1) is 0 Å². The van der Waals surface area contributed by atoms with Crippen molar-refractivity contribution in [1.29, 1.82) is 0 Å². The van der Waals surface area contributed by atoms with E-state index in [1.807, 2.05) is 4.90 Å². The molecule has 3 amide bonds. The van der Waals surface area contributed by atoms with Crippen LogP contribution >= 0.6 is 0 Å². The van der Waals surface area contributed by atoms with Crippen molar-refractivity contribution in [3.63, 3.8) is 0 Å². The highest BCUT2D eigenvalue weighted by Gasteiger charge is 2.44. The molecular formula is C19H24N4O4. The zero-order chi connectivity index (χ0) is 19.0. The van der Waals surface area contributed by atoms with Crippen LogP contribution in [0.1, 0.15) is 39.0 Å². The lowest BCUT2D eigenvalue weighted by molar-refractivity contribution is -0.141. The van der Waals surface area contributed by atoms with Gasteiger partial charge in [-0.3, -0.25) is 14.4 Å². The lowest BCUT2D eigenvalue weighted by Crippen LogP contribution is -2.53. The van der Waals surface area contributed by atoms with Crippen molar-refractivity contribution in [3.8, 4) is 0 Å². The molecule has 0 bridgehead atoms. The maximum Gasteiger partial charge on any atom is 0.264 e. The first-order valence-electron chi connectivity index (χ1n) is 9.67. The van der Waals surface area contributed by atoms with Gasteiger partial charge in [0.15, 0.2) is 5.92 Å². The third kappa shape index (κ3) is 3.28. The second kappa shape index (κ2) is 7.25. The van der Waals surface area contributed by atoms with E-state index in [2.05, 4.69) is 9.98 Å². The zero-order valence-corrected chi connectivity index (χ0v) is 15.5. The average Bonchev–Trinajstić information content (AvgIpc) is 3.05. The van der Waals surface area contributed by atoms with E-state index < -0.39 is 11.8 Å². The van der Waals surface area contributed by atoms with Crippen molar-refractivity contribution >= 4 is 30.0 Å². The monoisotopic (exact) mass is 372 g/mol. The number of carbonyl (C=O) groups excluding carboxylic acids is 3. The van der Waals surface area contributed by atoms with Gasteiger partial charge >= 0.3 is 0 Å². The lowest BCUT2D eigenvalue weighted by atomic mass is 9.88. The van der Waals surface area contributed by atoms with Crippen LogP contribution in [0.2, 0.25) is 0 Å². The van der Waals surface area contributed by atoms with Gasteiger partial charge in [0, 0.05) is 32.1 Å². The Morgan fingerprint density at radius 2 is 1.74 bits per heavy atom. The van der Waals surface area contributed by atoms with Crippen LogP contribution in [-0.4, -0.2) is 65.9 Å². The molecule has 4 aliphatic rings. The van der Waals surface area contributed by atoms with Crippen LogP contribution < -0.4 is 0 Å². The summed E-state index contributed by atoms with van der Waals surface area (Å²) in [6.07, 6.45) is 6.60. The van der Waals surface area contributed by atoms with Gasteiger partial charge in [-0.2, -0.15) is 0 Å². The smallest absolute Gasteiger partial charge is 0.264 e. The fraction of sp³-hybridized carbons (Fsp3) is 0.632. The van der Waals surface area contributed by atoms with Gasteiger partial charge in [0.25, 0.3) is 11.8 Å². The predicted molar refractivity (Wildman–Crippen MR) is 97.9 cm³/mol. The number of hydrogen-bond acceptors (Lipinski definition) is 5. The minimum Gasteiger partial charge on any atom is -0.446 e. The van der Waals surface area contributed by atoms with Gasteiger partial charge in [0.2, 0.25) is 11.8 Å². The van der Waals surface area contributed by atoms with Crippen LogP contribution in [-0.2, 0) is 19.1 Å². The standard InChI is InChI=1S/C19H24N4O4/c1-12-14(15-16(24)20-11-21-17(15)27-12)19(26)23-9-7-22(8-10-23)18(25)13-5-3-2-4-6-13/h11,13,15H,2-10H2,1H3. The molecule has 8 heteroatoms. The molecule has 1 unspecified atom stereocenters. The van der Waals surface area contributed by atoms with E-state index in [0.29, 0.717) is 37.5 Å². The van der Waals surface area contributed by atoms with Gasteiger partial charge in [0.05, 0.1) is 5.57 Å². The van der Waals surface area contributed by atoms with Crippen molar-refractivity contribution in [2.24, 2.45) is 21.8 Å². The molecule has 1 saturated heterocycles. The number of piperazine rings is 1. The van der Waals surface area contributed by atoms with Gasteiger partial charge in [-0.1, -0.05) is 19.3 Å². The molecular weight excluding hydrogens is 348 g/mol. The molecule has 0 aromatic heterocycles. The van der Waals surface area contributed by atoms with Crippen molar-refractivity contribution in [2.45, 2.75) is 39.0 Å². The third-order valence-corrected chi connectivity index (χ3v) is 5.85. The summed E-state index contributed by atoms with van der Waals surface area (Å²) < 4.78 is 5.50. The zero-order valence-electron chi connectivity index (χ0n) is 15.5. The summed E-state index contributed by atoms with van der Waals surface area (Å²) in [6, 6.07) is 0. The minimum absolute atomic E-state index is 0.144. The number of rotatable bonds is 2. The van der Waals surface area contributed by atoms with Crippen LogP contribution in [0.3, 0.4) is 0 Å². The molecule has 0 radical (unpaired) electrons. The average molecular weight is 372 g/mol. The summed E-state index contributed by atoms with van der Waals surface area (Å²) in [5.41, 5.74) is 0.322. The third-order valence-electron chi connectivity index (χ3n) is 5.85. The normalized spacial score (nSPS) is 26.0. The Bertz CT molecular complexity index is 756. The number of ether oxygens (including phenoxy) is 1. The SMILES string of the molecule is CC1=C(C(=O)N2CCN(C(=O)C3CCCCC3)CC2)C2C(=O)N=CN=C2O1. The predicted octanol–water partition coefficient (Wildman–Crippen LogP) is 1.12. The molecule has 27 heavy (non-hydrogen) atoms. The van der Waals surface area contributed by atoms with Crippen LogP contribution in [0, 0.1) is 11.8 Å². The summed E-state index contributed by atoms with van der Waals surface area (Å²) in [7, 11) is 0. The first-order chi connectivity index (χ1) is 13.1. The highest BCUT2D eigenvalue weighted by Crippen LogP contribution is 2.32. The minimum atomic E-state index is -0.829. The summed E-state index contributed by atoms with van der Waals surface area (Å²) in [6.45, 7) is 3.66. The number of nitrogens with zero attached hydrogens (tertiary/aromatic N) is 4. The van der Waals surface area contributed by atoms with E-state index in [9.17, 15) is 14.4 Å². The topological polar surface area (TPSA) is 91.6 Å². The Labute approximate surface area is 158 Å². The Kier molecular flexibility index (Phi) is 4.80. The van der Waals surface area contributed by atoms with Crippen molar-refractivity contribution in [2.75, 3.05) is 26.2 Å². The number of allylic oxidation sites excluding steroid dienone is 1. The maximum absolute atomic E-state index is 13.0. The molecule has 8 nitrogen and oxygen atoms in total. The van der Waals surface area contributed by atoms with E-state index in [1.165, 1.54) is 6.42 Å². The molecule has 0 aromatic carbocycles. The summed E-state index contributed by atoms with van der Waals surface area (Å²) in [4.78, 5) is 49.1. The van der Waals surface area contributed by atoms with E-state index >= 15 is 0 Å².